The minimum atomic E-state index is -0.941. The van der Waals surface area contributed by atoms with E-state index in [4.69, 9.17) is 4.74 Å². The summed E-state index contributed by atoms with van der Waals surface area (Å²) in [5.41, 5.74) is 0.368. The van der Waals surface area contributed by atoms with Gasteiger partial charge in [0.25, 0.3) is 11.5 Å². The Labute approximate surface area is 160 Å². The van der Waals surface area contributed by atoms with Gasteiger partial charge in [-0.1, -0.05) is 6.07 Å². The van der Waals surface area contributed by atoms with Crippen LogP contribution < -0.4 is 10.9 Å². The first-order valence-electron chi connectivity index (χ1n) is 9.07. The minimum Gasteiger partial charge on any atom is -0.458 e. The molecule has 3 heterocycles. The van der Waals surface area contributed by atoms with Gasteiger partial charge >= 0.3 is 12.0 Å². The van der Waals surface area contributed by atoms with E-state index in [-0.39, 0.29) is 18.1 Å². The first kappa shape index (κ1) is 18.1. The first-order chi connectivity index (χ1) is 13.3. The van der Waals surface area contributed by atoms with Crippen molar-refractivity contribution in [2.75, 3.05) is 6.54 Å². The van der Waals surface area contributed by atoms with E-state index >= 15 is 0 Å². The van der Waals surface area contributed by atoms with Crippen molar-refractivity contribution in [1.29, 1.82) is 0 Å². The summed E-state index contributed by atoms with van der Waals surface area (Å²) in [6, 6.07) is 4.27. The van der Waals surface area contributed by atoms with Gasteiger partial charge in [-0.3, -0.25) is 23.7 Å². The molecule has 9 heteroatoms. The number of carbonyl (C=O) groups is 3. The Hall–Kier alpha value is -3.23. The zero-order chi connectivity index (χ0) is 20.1. The fourth-order valence-corrected chi connectivity index (χ4v) is 3.51. The van der Waals surface area contributed by atoms with Crippen molar-refractivity contribution in [3.05, 3.63) is 46.0 Å². The van der Waals surface area contributed by atoms with Gasteiger partial charge in [0.1, 0.15) is 24.3 Å². The summed E-state index contributed by atoms with van der Waals surface area (Å²) < 4.78 is 6.56. The molecule has 0 bridgehead atoms. The van der Waals surface area contributed by atoms with E-state index in [0.29, 0.717) is 11.3 Å². The standard InChI is InChI=1S/C19H20N4O5/c1-11-4-3-7-22-14(24)8-13(20-16(11)22)10-28-15(25)9-23-17(26)19(2,12-5-6-12)21-18(23)27/h3-4,7-8,12H,5-6,9-10H2,1-2H3,(H,21,27)/t19-/m0/s1. The minimum absolute atomic E-state index is 0.114. The van der Waals surface area contributed by atoms with E-state index in [1.807, 2.05) is 13.0 Å². The van der Waals surface area contributed by atoms with E-state index in [1.165, 1.54) is 10.5 Å². The van der Waals surface area contributed by atoms with Crippen LogP contribution in [0.5, 0.6) is 0 Å². The molecule has 2 aromatic rings. The molecular weight excluding hydrogens is 364 g/mol. The Morgan fingerprint density at radius 3 is 2.82 bits per heavy atom. The number of ether oxygens (including phenoxy) is 1. The summed E-state index contributed by atoms with van der Waals surface area (Å²) in [5.74, 6) is -1.03. The quantitative estimate of drug-likeness (QED) is 0.602. The predicted molar refractivity (Wildman–Crippen MR) is 97.4 cm³/mol. The number of nitrogens with zero attached hydrogens (tertiary/aromatic N) is 3. The Morgan fingerprint density at radius 2 is 2.11 bits per heavy atom. The largest absolute Gasteiger partial charge is 0.458 e. The number of rotatable bonds is 5. The van der Waals surface area contributed by atoms with Crippen molar-refractivity contribution in [2.24, 2.45) is 5.92 Å². The van der Waals surface area contributed by atoms with Crippen molar-refractivity contribution in [3.8, 4) is 0 Å². The van der Waals surface area contributed by atoms with Crippen LogP contribution in [0.1, 0.15) is 31.0 Å². The highest BCUT2D eigenvalue weighted by Gasteiger charge is 2.56. The van der Waals surface area contributed by atoms with E-state index in [2.05, 4.69) is 10.3 Å². The Balaban J connectivity index is 1.43. The number of esters is 1. The third-order valence-electron chi connectivity index (χ3n) is 5.30. The molecule has 1 N–H and O–H groups in total. The van der Waals surface area contributed by atoms with Gasteiger partial charge in [-0.15, -0.1) is 0 Å². The number of hydrogen-bond donors (Lipinski definition) is 1. The lowest BCUT2D eigenvalue weighted by Crippen LogP contribution is -2.46. The number of fused-ring (bicyclic) bond motifs is 1. The van der Waals surface area contributed by atoms with Crippen molar-refractivity contribution in [2.45, 2.75) is 38.8 Å². The van der Waals surface area contributed by atoms with Gasteiger partial charge in [0, 0.05) is 12.3 Å². The summed E-state index contributed by atoms with van der Waals surface area (Å²) in [4.78, 5) is 54.2. The normalized spacial score (nSPS) is 21.9. The molecule has 1 saturated heterocycles. The average Bonchev–Trinajstić information content (AvgIpc) is 3.47. The number of aryl methyl sites for hydroxylation is 1. The monoisotopic (exact) mass is 384 g/mol. The molecule has 1 saturated carbocycles. The average molecular weight is 384 g/mol. The second-order valence-corrected chi connectivity index (χ2v) is 7.43. The molecule has 2 aliphatic rings. The van der Waals surface area contributed by atoms with Gasteiger partial charge in [-0.05, 0) is 44.2 Å². The molecule has 0 unspecified atom stereocenters. The lowest BCUT2D eigenvalue weighted by Gasteiger charge is -2.20. The van der Waals surface area contributed by atoms with Crippen molar-refractivity contribution in [3.63, 3.8) is 0 Å². The number of amides is 3. The van der Waals surface area contributed by atoms with Crippen LogP contribution in [0.4, 0.5) is 4.79 Å². The van der Waals surface area contributed by atoms with Gasteiger partial charge in [0.2, 0.25) is 0 Å². The van der Waals surface area contributed by atoms with Gasteiger partial charge in [0.15, 0.2) is 0 Å². The highest BCUT2D eigenvalue weighted by molar-refractivity contribution is 6.08. The molecule has 1 aliphatic carbocycles. The van der Waals surface area contributed by atoms with E-state index < -0.39 is 30.0 Å². The van der Waals surface area contributed by atoms with Crippen LogP contribution in [0.2, 0.25) is 0 Å². The van der Waals surface area contributed by atoms with Crippen molar-refractivity contribution >= 4 is 23.6 Å². The van der Waals surface area contributed by atoms with Crippen LogP contribution in [0.3, 0.4) is 0 Å². The van der Waals surface area contributed by atoms with Crippen LogP contribution in [-0.2, 0) is 20.9 Å². The van der Waals surface area contributed by atoms with Crippen LogP contribution >= 0.6 is 0 Å². The smallest absolute Gasteiger partial charge is 0.326 e. The highest BCUT2D eigenvalue weighted by Crippen LogP contribution is 2.42. The number of aromatic nitrogens is 2. The third kappa shape index (κ3) is 3.02. The Bertz CT molecular complexity index is 1060. The Kier molecular flexibility index (Phi) is 4.17. The number of urea groups is 1. The highest BCUT2D eigenvalue weighted by atomic mass is 16.5. The molecule has 0 radical (unpaired) electrons. The van der Waals surface area contributed by atoms with Gasteiger partial charge in [0.05, 0.1) is 5.69 Å². The molecule has 0 spiro atoms. The number of pyridine rings is 1. The summed E-state index contributed by atoms with van der Waals surface area (Å²) in [6.07, 6.45) is 3.37. The molecule has 4 rings (SSSR count). The molecule has 9 nitrogen and oxygen atoms in total. The van der Waals surface area contributed by atoms with Gasteiger partial charge < -0.3 is 10.1 Å². The molecule has 2 fully saturated rings. The summed E-state index contributed by atoms with van der Waals surface area (Å²) >= 11 is 0. The number of nitrogens with one attached hydrogen (secondary N) is 1. The molecule has 1 aliphatic heterocycles. The van der Waals surface area contributed by atoms with Gasteiger partial charge in [-0.2, -0.15) is 0 Å². The molecule has 0 aromatic carbocycles. The SMILES string of the molecule is Cc1cccn2c(=O)cc(COC(=O)CN3C(=O)N[C@@](C)(C4CC4)C3=O)nc12. The van der Waals surface area contributed by atoms with Crippen molar-refractivity contribution < 1.29 is 19.1 Å². The number of hydrogen-bond acceptors (Lipinski definition) is 6. The second-order valence-electron chi connectivity index (χ2n) is 7.43. The van der Waals surface area contributed by atoms with Crippen molar-refractivity contribution in [1.82, 2.24) is 19.6 Å². The van der Waals surface area contributed by atoms with E-state index in [9.17, 15) is 19.2 Å². The predicted octanol–water partition coefficient (Wildman–Crippen LogP) is 0.767. The van der Waals surface area contributed by atoms with E-state index in [0.717, 1.165) is 23.3 Å². The summed E-state index contributed by atoms with van der Waals surface area (Å²) in [7, 11) is 0. The first-order valence-corrected chi connectivity index (χ1v) is 9.07. The zero-order valence-electron chi connectivity index (χ0n) is 15.6. The maximum absolute atomic E-state index is 12.5. The molecular formula is C19H20N4O5. The number of imide groups is 1. The van der Waals surface area contributed by atoms with Crippen LogP contribution in [0.15, 0.2) is 29.2 Å². The maximum Gasteiger partial charge on any atom is 0.326 e. The van der Waals surface area contributed by atoms with Crippen LogP contribution in [-0.4, -0.2) is 44.3 Å². The topological polar surface area (TPSA) is 110 Å². The van der Waals surface area contributed by atoms with Gasteiger partial charge in [-0.25, -0.2) is 9.78 Å². The van der Waals surface area contributed by atoms with Crippen LogP contribution in [0, 0.1) is 12.8 Å². The molecule has 1 atom stereocenters. The third-order valence-corrected chi connectivity index (χ3v) is 5.30. The molecule has 2 aromatic heterocycles. The lowest BCUT2D eigenvalue weighted by atomic mass is 9.96. The summed E-state index contributed by atoms with van der Waals surface area (Å²) in [6.45, 7) is 2.82. The fourth-order valence-electron chi connectivity index (χ4n) is 3.51. The van der Waals surface area contributed by atoms with Crippen LogP contribution in [0.25, 0.3) is 5.65 Å². The Morgan fingerprint density at radius 1 is 1.36 bits per heavy atom. The zero-order valence-corrected chi connectivity index (χ0v) is 15.6. The fraction of sp³-hybridized carbons (Fsp3) is 0.421. The summed E-state index contributed by atoms with van der Waals surface area (Å²) in [5, 5.41) is 2.68. The molecule has 3 amide bonds. The number of carbonyl (C=O) groups excluding carboxylic acids is 3. The second kappa shape index (κ2) is 6.43. The lowest BCUT2D eigenvalue weighted by molar-refractivity contribution is -0.149. The molecule has 146 valence electrons. The molecule has 28 heavy (non-hydrogen) atoms. The van der Waals surface area contributed by atoms with E-state index in [1.54, 1.807) is 19.2 Å². The maximum atomic E-state index is 12.5.